The zero-order valence-electron chi connectivity index (χ0n) is 9.54. The van der Waals surface area contributed by atoms with Gasteiger partial charge in [-0.05, 0) is 38.0 Å². The van der Waals surface area contributed by atoms with E-state index in [4.69, 9.17) is 9.94 Å². The average Bonchev–Trinajstić information content (AvgIpc) is 2.92. The monoisotopic (exact) mass is 248 g/mol. The smallest absolute Gasteiger partial charge is 0.437 e. The minimum absolute atomic E-state index is 0.0503. The molecule has 1 rings (SSSR count). The van der Waals surface area contributed by atoms with Gasteiger partial charge in [0.2, 0.25) is 0 Å². The van der Waals surface area contributed by atoms with Crippen molar-refractivity contribution < 1.29 is 19.3 Å². The highest BCUT2D eigenvalue weighted by Gasteiger charge is 2.30. The van der Waals surface area contributed by atoms with Crippen LogP contribution in [-0.4, -0.2) is 38.0 Å². The SMILES string of the molecule is CC(C)(C)[S+]([O-])N=CN(OC1CC1)C(=O)O. The summed E-state index contributed by atoms with van der Waals surface area (Å²) in [4.78, 5) is 15.8. The molecule has 6 nitrogen and oxygen atoms in total. The van der Waals surface area contributed by atoms with Gasteiger partial charge in [0.25, 0.3) is 0 Å². The second-order valence-electron chi connectivity index (χ2n) is 4.50. The van der Waals surface area contributed by atoms with E-state index in [1.54, 1.807) is 20.8 Å². The van der Waals surface area contributed by atoms with E-state index >= 15 is 0 Å². The summed E-state index contributed by atoms with van der Waals surface area (Å²) in [6, 6.07) is 0. The lowest BCUT2D eigenvalue weighted by molar-refractivity contribution is -0.0834. The number of hydroxylamine groups is 2. The van der Waals surface area contributed by atoms with E-state index in [0.717, 1.165) is 19.2 Å². The first-order chi connectivity index (χ1) is 7.30. The van der Waals surface area contributed by atoms with Crippen molar-refractivity contribution in [3.05, 3.63) is 0 Å². The molecule has 16 heavy (non-hydrogen) atoms. The number of carbonyl (C=O) groups is 1. The van der Waals surface area contributed by atoms with Gasteiger partial charge in [-0.15, -0.1) is 5.06 Å². The van der Waals surface area contributed by atoms with Crippen LogP contribution in [0.2, 0.25) is 0 Å². The number of carboxylic acid groups (broad SMARTS) is 1. The standard InChI is InChI=1S/C9H16N2O4S/c1-9(2,3)16(14)10-6-11(8(12)13)15-7-4-5-7/h6-7H,4-5H2,1-3H3,(H,12,13). The van der Waals surface area contributed by atoms with Crippen LogP contribution < -0.4 is 0 Å². The van der Waals surface area contributed by atoms with Crippen LogP contribution in [0, 0.1) is 0 Å². The summed E-state index contributed by atoms with van der Waals surface area (Å²) in [5, 5.41) is 9.39. The minimum Gasteiger partial charge on any atom is -0.591 e. The molecule has 7 heteroatoms. The molecule has 1 N–H and O–H groups in total. The van der Waals surface area contributed by atoms with Crippen molar-refractivity contribution in [2.24, 2.45) is 4.40 Å². The van der Waals surface area contributed by atoms with Gasteiger partial charge in [0.15, 0.2) is 6.34 Å². The Morgan fingerprint density at radius 3 is 2.56 bits per heavy atom. The Labute approximate surface area is 97.6 Å². The molecule has 0 heterocycles. The van der Waals surface area contributed by atoms with Gasteiger partial charge in [0, 0.05) is 0 Å². The Morgan fingerprint density at radius 1 is 1.62 bits per heavy atom. The summed E-state index contributed by atoms with van der Waals surface area (Å²) in [7, 11) is 0. The lowest BCUT2D eigenvalue weighted by Gasteiger charge is -2.19. The van der Waals surface area contributed by atoms with E-state index in [9.17, 15) is 9.35 Å². The van der Waals surface area contributed by atoms with Crippen LogP contribution in [0.3, 0.4) is 0 Å². The van der Waals surface area contributed by atoms with Gasteiger partial charge in [-0.3, -0.25) is 4.84 Å². The maximum atomic E-state index is 11.5. The van der Waals surface area contributed by atoms with Gasteiger partial charge >= 0.3 is 6.09 Å². The second kappa shape index (κ2) is 5.03. The summed E-state index contributed by atoms with van der Waals surface area (Å²) in [5.74, 6) is 0. The van der Waals surface area contributed by atoms with E-state index in [2.05, 4.69) is 4.40 Å². The highest BCUT2D eigenvalue weighted by atomic mass is 32.2. The zero-order chi connectivity index (χ0) is 12.3. The predicted molar refractivity (Wildman–Crippen MR) is 60.4 cm³/mol. The van der Waals surface area contributed by atoms with Crippen LogP contribution in [0.1, 0.15) is 33.6 Å². The number of hydrogen-bond donors (Lipinski definition) is 1. The fourth-order valence-electron chi connectivity index (χ4n) is 0.699. The van der Waals surface area contributed by atoms with Gasteiger partial charge in [0.05, 0.1) is 6.10 Å². The largest absolute Gasteiger partial charge is 0.591 e. The van der Waals surface area contributed by atoms with Crippen molar-refractivity contribution in [1.29, 1.82) is 0 Å². The Hall–Kier alpha value is -0.790. The molecule has 1 aliphatic carbocycles. The fourth-order valence-corrected chi connectivity index (χ4v) is 1.19. The van der Waals surface area contributed by atoms with Crippen molar-refractivity contribution in [3.63, 3.8) is 0 Å². The summed E-state index contributed by atoms with van der Waals surface area (Å²) in [6.07, 6.45) is 1.34. The quantitative estimate of drug-likeness (QED) is 0.354. The Balaban J connectivity index is 2.52. The van der Waals surface area contributed by atoms with E-state index in [1.807, 2.05) is 0 Å². The summed E-state index contributed by atoms with van der Waals surface area (Å²) < 4.78 is 14.7. The Morgan fingerprint density at radius 2 is 2.19 bits per heavy atom. The molecular formula is C9H16N2O4S. The molecule has 1 unspecified atom stereocenters. The van der Waals surface area contributed by atoms with Crippen LogP contribution in [0.5, 0.6) is 0 Å². The van der Waals surface area contributed by atoms with Crippen molar-refractivity contribution in [2.75, 3.05) is 0 Å². The van der Waals surface area contributed by atoms with Gasteiger partial charge < -0.3 is 9.66 Å². The van der Waals surface area contributed by atoms with Crippen LogP contribution in [0.15, 0.2) is 4.40 Å². The number of nitrogens with zero attached hydrogens (tertiary/aromatic N) is 2. The molecule has 0 aliphatic heterocycles. The molecule has 1 aliphatic rings. The van der Waals surface area contributed by atoms with Gasteiger partial charge in [0.1, 0.15) is 16.1 Å². The van der Waals surface area contributed by atoms with Gasteiger partial charge in [-0.25, -0.2) is 4.79 Å². The highest BCUT2D eigenvalue weighted by Crippen LogP contribution is 2.24. The molecule has 0 aromatic carbocycles. The molecule has 1 amide bonds. The zero-order valence-corrected chi connectivity index (χ0v) is 10.4. The first-order valence-corrected chi connectivity index (χ1v) is 6.06. The molecule has 0 aromatic heterocycles. The number of amides is 1. The van der Waals surface area contributed by atoms with E-state index in [-0.39, 0.29) is 6.10 Å². The molecule has 0 saturated heterocycles. The molecule has 0 aromatic rings. The third-order valence-electron chi connectivity index (χ3n) is 1.75. The van der Waals surface area contributed by atoms with Crippen molar-refractivity contribution in [1.82, 2.24) is 5.06 Å². The molecule has 0 bridgehead atoms. The third-order valence-corrected chi connectivity index (χ3v) is 3.08. The van der Waals surface area contributed by atoms with E-state index in [1.165, 1.54) is 0 Å². The minimum atomic E-state index is -1.48. The van der Waals surface area contributed by atoms with Crippen molar-refractivity contribution in [3.8, 4) is 0 Å². The molecule has 1 fully saturated rings. The Bertz CT molecular complexity index is 286. The first kappa shape index (κ1) is 13.3. The van der Waals surface area contributed by atoms with Crippen LogP contribution >= 0.6 is 0 Å². The lowest BCUT2D eigenvalue weighted by Crippen LogP contribution is -2.32. The maximum Gasteiger partial charge on any atom is 0.437 e. The average molecular weight is 248 g/mol. The molecule has 1 atom stereocenters. The lowest BCUT2D eigenvalue weighted by atomic mass is 10.3. The van der Waals surface area contributed by atoms with Gasteiger partial charge in [-0.2, -0.15) is 0 Å². The normalized spacial score (nSPS) is 18.8. The van der Waals surface area contributed by atoms with Crippen molar-refractivity contribution in [2.45, 2.75) is 44.5 Å². The summed E-state index contributed by atoms with van der Waals surface area (Å²) >= 11 is -1.48. The van der Waals surface area contributed by atoms with Gasteiger partial charge in [-0.1, -0.05) is 0 Å². The summed E-state index contributed by atoms with van der Waals surface area (Å²) in [6.45, 7) is 5.27. The fraction of sp³-hybridized carbons (Fsp3) is 0.778. The molecule has 1 saturated carbocycles. The van der Waals surface area contributed by atoms with E-state index in [0.29, 0.717) is 5.06 Å². The van der Waals surface area contributed by atoms with E-state index < -0.39 is 22.2 Å². The second-order valence-corrected chi connectivity index (χ2v) is 6.43. The molecule has 92 valence electrons. The topological polar surface area (TPSA) is 85.2 Å². The van der Waals surface area contributed by atoms with Crippen LogP contribution in [0.4, 0.5) is 4.79 Å². The summed E-state index contributed by atoms with van der Waals surface area (Å²) in [5.41, 5.74) is 0. The molecule has 0 radical (unpaired) electrons. The van der Waals surface area contributed by atoms with Crippen LogP contribution in [-0.2, 0) is 16.2 Å². The molecule has 0 spiro atoms. The van der Waals surface area contributed by atoms with Crippen molar-refractivity contribution >= 4 is 23.8 Å². The molecular weight excluding hydrogens is 232 g/mol. The maximum absolute atomic E-state index is 11.5. The Kier molecular flexibility index (Phi) is 4.17. The number of hydrogen-bond acceptors (Lipinski definition) is 4. The first-order valence-electron chi connectivity index (χ1n) is 4.96. The van der Waals surface area contributed by atoms with Crippen LogP contribution in [0.25, 0.3) is 0 Å². The number of rotatable bonds is 4. The third kappa shape index (κ3) is 4.38. The highest BCUT2D eigenvalue weighted by molar-refractivity contribution is 7.91. The predicted octanol–water partition coefficient (Wildman–Crippen LogP) is 1.55.